The first-order valence-electron chi connectivity index (χ1n) is 13.2. The van der Waals surface area contributed by atoms with Crippen LogP contribution in [0.15, 0.2) is 20.8 Å². The number of aromatic nitrogens is 1. The zero-order chi connectivity index (χ0) is 28.2. The van der Waals surface area contributed by atoms with Gasteiger partial charge >= 0.3 is 12.1 Å². The van der Waals surface area contributed by atoms with Crippen LogP contribution in [0.25, 0.3) is 0 Å². The summed E-state index contributed by atoms with van der Waals surface area (Å²) in [7, 11) is -3.80. The highest BCUT2D eigenvalue weighted by atomic mass is 32.2. The van der Waals surface area contributed by atoms with E-state index < -0.39 is 39.0 Å². The molecule has 2 aliphatic carbocycles. The van der Waals surface area contributed by atoms with Crippen LogP contribution in [0.1, 0.15) is 81.6 Å². The van der Waals surface area contributed by atoms with Crippen molar-refractivity contribution in [2.45, 2.75) is 101 Å². The van der Waals surface area contributed by atoms with Gasteiger partial charge in [0.25, 0.3) is 0 Å². The van der Waals surface area contributed by atoms with Crippen molar-refractivity contribution < 1.29 is 28.0 Å². The third-order valence-electron chi connectivity index (χ3n) is 6.92. The number of urea groups is 1. The Bertz CT molecular complexity index is 1420. The number of amides is 3. The van der Waals surface area contributed by atoms with Crippen LogP contribution in [0.3, 0.4) is 0 Å². The molecule has 0 spiro atoms. The van der Waals surface area contributed by atoms with E-state index in [0.717, 1.165) is 66.7 Å². The molecule has 10 nitrogen and oxygen atoms in total. The first kappa shape index (κ1) is 28.0. The largest absolute Gasteiger partial charge is 0.444 e. The van der Waals surface area contributed by atoms with Gasteiger partial charge in [0.1, 0.15) is 20.4 Å². The molecule has 39 heavy (non-hydrogen) atoms. The molecule has 0 bridgehead atoms. The molecule has 2 unspecified atom stereocenters. The van der Waals surface area contributed by atoms with Crippen LogP contribution < -0.4 is 10.0 Å². The minimum absolute atomic E-state index is 0.108. The van der Waals surface area contributed by atoms with Crippen LogP contribution in [0, 0.1) is 0 Å². The SMILES string of the molecule is CC(C)(C)OC(=O)N=S(=O)(NC(=O)Nc1c2c(cc3c1CCC3)CCC2)c1cnc(C2(C)COC(C)(C)O2)s1. The lowest BCUT2D eigenvalue weighted by Crippen LogP contribution is -2.35. The number of aryl methyl sites for hydroxylation is 2. The van der Waals surface area contributed by atoms with Crippen molar-refractivity contribution in [3.8, 4) is 0 Å². The minimum Gasteiger partial charge on any atom is -0.442 e. The monoisotopic (exact) mass is 576 g/mol. The van der Waals surface area contributed by atoms with Gasteiger partial charge in [-0.3, -0.25) is 0 Å². The fourth-order valence-electron chi connectivity index (χ4n) is 5.39. The van der Waals surface area contributed by atoms with Crippen LogP contribution in [-0.2, 0) is 55.4 Å². The van der Waals surface area contributed by atoms with Gasteiger partial charge in [-0.25, -0.2) is 23.5 Å². The number of hydrogen-bond donors (Lipinski definition) is 2. The average Bonchev–Trinajstić information content (AvgIpc) is 3.58. The molecular weight excluding hydrogens is 540 g/mol. The maximum absolute atomic E-state index is 14.3. The minimum atomic E-state index is -3.80. The summed E-state index contributed by atoms with van der Waals surface area (Å²) in [4.78, 5) is 30.5. The highest BCUT2D eigenvalue weighted by Gasteiger charge is 2.45. The van der Waals surface area contributed by atoms with E-state index in [1.54, 1.807) is 34.6 Å². The molecule has 2 N–H and O–H groups in total. The van der Waals surface area contributed by atoms with Gasteiger partial charge in [-0.05, 0) is 102 Å². The molecule has 5 rings (SSSR count). The lowest BCUT2D eigenvalue weighted by molar-refractivity contribution is -0.159. The lowest BCUT2D eigenvalue weighted by Gasteiger charge is -2.22. The summed E-state index contributed by atoms with van der Waals surface area (Å²) in [5.41, 5.74) is 3.84. The Morgan fingerprint density at radius 1 is 1.10 bits per heavy atom. The molecule has 2 atom stereocenters. The number of carbonyl (C=O) groups is 2. The van der Waals surface area contributed by atoms with Gasteiger partial charge in [0.2, 0.25) is 0 Å². The van der Waals surface area contributed by atoms with Crippen molar-refractivity contribution in [1.29, 1.82) is 0 Å². The molecule has 3 aliphatic rings. The second-order valence-electron chi connectivity index (χ2n) is 11.9. The van der Waals surface area contributed by atoms with Crippen molar-refractivity contribution in [2.75, 3.05) is 11.9 Å². The van der Waals surface area contributed by atoms with Crippen LogP contribution in [-0.4, -0.2) is 39.3 Å². The molecule has 2 heterocycles. The van der Waals surface area contributed by atoms with E-state index in [4.69, 9.17) is 14.2 Å². The molecule has 1 aromatic heterocycles. The Morgan fingerprint density at radius 3 is 2.31 bits per heavy atom. The molecule has 1 fully saturated rings. The number of nitrogens with one attached hydrogen (secondary N) is 2. The predicted octanol–water partition coefficient (Wildman–Crippen LogP) is 5.62. The van der Waals surface area contributed by atoms with Crippen molar-refractivity contribution in [2.24, 2.45) is 4.36 Å². The first-order valence-corrected chi connectivity index (χ1v) is 15.6. The third kappa shape index (κ3) is 5.84. The Labute approximate surface area is 233 Å². The quantitative estimate of drug-likeness (QED) is 0.484. The van der Waals surface area contributed by atoms with E-state index in [0.29, 0.717) is 5.01 Å². The summed E-state index contributed by atoms with van der Waals surface area (Å²) in [6.45, 7) is 10.7. The molecule has 0 saturated carbocycles. The number of nitrogens with zero attached hydrogens (tertiary/aromatic N) is 2. The van der Waals surface area contributed by atoms with Crippen LogP contribution in [0.2, 0.25) is 0 Å². The summed E-state index contributed by atoms with van der Waals surface area (Å²) in [6, 6.07) is 1.56. The smallest absolute Gasteiger partial charge is 0.442 e. The topological polar surface area (TPSA) is 128 Å². The van der Waals surface area contributed by atoms with Gasteiger partial charge < -0.3 is 19.5 Å². The fourth-order valence-corrected chi connectivity index (χ4v) is 8.01. The fraction of sp³-hybridized carbons (Fsp3) is 0.593. The Hall–Kier alpha value is -2.54. The molecule has 1 aliphatic heterocycles. The molecular formula is C27H36N4O6S2. The average molecular weight is 577 g/mol. The normalized spacial score (nSPS) is 23.0. The Balaban J connectivity index is 1.47. The zero-order valence-electron chi connectivity index (χ0n) is 23.3. The zero-order valence-corrected chi connectivity index (χ0v) is 24.9. The third-order valence-corrected chi connectivity index (χ3v) is 10.4. The van der Waals surface area contributed by atoms with Gasteiger partial charge in [0.05, 0.1) is 12.8 Å². The number of carbonyl (C=O) groups excluding carboxylic acids is 2. The van der Waals surface area contributed by atoms with Crippen LogP contribution in [0.5, 0.6) is 0 Å². The van der Waals surface area contributed by atoms with Gasteiger partial charge in [-0.15, -0.1) is 15.7 Å². The number of thiazole rings is 1. The molecule has 3 amide bonds. The summed E-state index contributed by atoms with van der Waals surface area (Å²) in [6.07, 6.45) is 6.10. The van der Waals surface area contributed by atoms with E-state index in [-0.39, 0.29) is 10.8 Å². The Morgan fingerprint density at radius 2 is 1.74 bits per heavy atom. The highest BCUT2D eigenvalue weighted by molar-refractivity contribution is 7.94. The van der Waals surface area contributed by atoms with Crippen molar-refractivity contribution >= 4 is 39.1 Å². The predicted molar refractivity (Wildman–Crippen MR) is 148 cm³/mol. The molecule has 2 aromatic rings. The Kier molecular flexibility index (Phi) is 7.06. The van der Waals surface area contributed by atoms with E-state index in [1.807, 2.05) is 6.92 Å². The maximum atomic E-state index is 14.3. The van der Waals surface area contributed by atoms with Crippen LogP contribution >= 0.6 is 11.3 Å². The first-order chi connectivity index (χ1) is 18.2. The molecule has 212 valence electrons. The molecule has 0 radical (unpaired) electrons. The summed E-state index contributed by atoms with van der Waals surface area (Å²) < 4.78 is 37.8. The second kappa shape index (κ2) is 9.83. The number of rotatable bonds is 4. The number of fused-ring (bicyclic) bond motifs is 2. The van der Waals surface area contributed by atoms with Crippen molar-refractivity contribution in [3.63, 3.8) is 0 Å². The van der Waals surface area contributed by atoms with Gasteiger partial charge in [-0.2, -0.15) is 0 Å². The van der Waals surface area contributed by atoms with Gasteiger partial charge in [0.15, 0.2) is 15.7 Å². The summed E-state index contributed by atoms with van der Waals surface area (Å²) in [5.74, 6) is -0.808. The van der Waals surface area contributed by atoms with E-state index in [2.05, 4.69) is 25.5 Å². The van der Waals surface area contributed by atoms with Crippen LogP contribution in [0.4, 0.5) is 15.3 Å². The highest BCUT2D eigenvalue weighted by Crippen LogP contribution is 2.41. The molecule has 1 aromatic carbocycles. The van der Waals surface area contributed by atoms with Gasteiger partial charge in [-0.1, -0.05) is 6.07 Å². The molecule has 12 heteroatoms. The van der Waals surface area contributed by atoms with E-state index in [9.17, 15) is 13.8 Å². The lowest BCUT2D eigenvalue weighted by atomic mass is 9.99. The maximum Gasteiger partial charge on any atom is 0.444 e. The second-order valence-corrected chi connectivity index (χ2v) is 15.1. The number of ether oxygens (including phenoxy) is 3. The van der Waals surface area contributed by atoms with E-state index in [1.165, 1.54) is 17.3 Å². The summed E-state index contributed by atoms with van der Waals surface area (Å²) in [5, 5.41) is 3.46. The number of benzene rings is 1. The van der Waals surface area contributed by atoms with Crippen molar-refractivity contribution in [3.05, 3.63) is 39.5 Å². The van der Waals surface area contributed by atoms with Gasteiger partial charge in [0, 0.05) is 5.69 Å². The van der Waals surface area contributed by atoms with Crippen molar-refractivity contribution in [1.82, 2.24) is 9.71 Å². The number of anilines is 1. The standard InChI is InChI=1S/C27H36N4O6S2/c1-25(2,3)36-24(33)31-39(34,20-14-28-22(38-20)27(6)15-35-26(4,5)37-27)30-23(32)29-21-18-11-7-9-16(18)13-17-10-8-12-19(17)21/h13-14H,7-12,15H2,1-6H3,(H2,29,30,31,32,33,34). The molecule has 1 saturated heterocycles. The van der Waals surface area contributed by atoms with E-state index >= 15 is 0 Å². The summed E-state index contributed by atoms with van der Waals surface area (Å²) >= 11 is 1.05. The number of hydrogen-bond acceptors (Lipinski definition) is 8.